The second-order valence-electron chi connectivity index (χ2n) is 10.2. The van der Waals surface area contributed by atoms with E-state index >= 15 is 0 Å². The van der Waals surface area contributed by atoms with Crippen molar-refractivity contribution in [2.75, 3.05) is 18.0 Å². The molecule has 1 saturated heterocycles. The van der Waals surface area contributed by atoms with E-state index in [0.717, 1.165) is 53.2 Å². The number of likely N-dealkylation sites (tertiary alicyclic amines) is 1. The van der Waals surface area contributed by atoms with Crippen LogP contribution >= 0.6 is 0 Å². The molecule has 5 rings (SSSR count). The normalized spacial score (nSPS) is 21.4. The first-order chi connectivity index (χ1) is 16.6. The first-order valence-corrected chi connectivity index (χ1v) is 12.5. The van der Waals surface area contributed by atoms with E-state index < -0.39 is 17.4 Å². The second-order valence-corrected chi connectivity index (χ2v) is 10.2. The second kappa shape index (κ2) is 8.60. The Morgan fingerprint density at radius 1 is 1.20 bits per heavy atom. The van der Waals surface area contributed by atoms with Gasteiger partial charge in [0.05, 0.1) is 31.4 Å². The number of ether oxygens (including phenoxy) is 1. The van der Waals surface area contributed by atoms with E-state index in [1.807, 2.05) is 29.2 Å². The monoisotopic (exact) mass is 486 g/mol. The molecule has 1 aromatic carbocycles. The number of amides is 2. The Kier molecular flexibility index (Phi) is 5.84. The van der Waals surface area contributed by atoms with E-state index in [4.69, 9.17) is 9.72 Å². The summed E-state index contributed by atoms with van der Waals surface area (Å²) in [6.45, 7) is 5.55. The fourth-order valence-electron chi connectivity index (χ4n) is 5.58. The number of rotatable bonds is 6. The molecule has 35 heavy (non-hydrogen) atoms. The molecule has 0 saturated carbocycles. The van der Waals surface area contributed by atoms with Gasteiger partial charge in [-0.25, -0.2) is 23.5 Å². The third kappa shape index (κ3) is 3.98. The average Bonchev–Trinajstić information content (AvgIpc) is 3.34. The van der Waals surface area contributed by atoms with Crippen LogP contribution in [0.5, 0.6) is 0 Å². The van der Waals surface area contributed by atoms with Crippen molar-refractivity contribution in [2.45, 2.75) is 83.4 Å². The molecule has 0 N–H and O–H groups in total. The van der Waals surface area contributed by atoms with Gasteiger partial charge in [0.25, 0.3) is 5.92 Å². The van der Waals surface area contributed by atoms with Crippen LogP contribution in [-0.2, 0) is 40.9 Å². The third-order valence-electron chi connectivity index (χ3n) is 7.41. The lowest BCUT2D eigenvalue weighted by Gasteiger charge is -2.45. The van der Waals surface area contributed by atoms with Crippen molar-refractivity contribution in [3.8, 4) is 0 Å². The number of β-lactam (4-membered cyclic amide) rings is 1. The molecule has 1 atom stereocenters. The Morgan fingerprint density at radius 2 is 1.94 bits per heavy atom. The summed E-state index contributed by atoms with van der Waals surface area (Å²) < 4.78 is 36.0. The van der Waals surface area contributed by atoms with E-state index in [9.17, 15) is 18.4 Å². The number of fused-ring (bicyclic) bond motifs is 3. The molecule has 0 radical (unpaired) electrons. The molecule has 2 aliphatic heterocycles. The summed E-state index contributed by atoms with van der Waals surface area (Å²) in [4.78, 5) is 33.7. The summed E-state index contributed by atoms with van der Waals surface area (Å²) in [6.07, 6.45) is 2.38. The van der Waals surface area contributed by atoms with E-state index in [1.54, 1.807) is 18.4 Å². The van der Waals surface area contributed by atoms with Gasteiger partial charge in [0.2, 0.25) is 5.91 Å². The number of benzene rings is 1. The van der Waals surface area contributed by atoms with Gasteiger partial charge in [-0.1, -0.05) is 25.1 Å². The van der Waals surface area contributed by atoms with Crippen LogP contribution in [0.4, 0.5) is 19.3 Å². The standard InChI is InChI=1S/C26H32F2N4O3/c1-4-26(27,28)16-31-21-12-8-6-10-19(21)29-22(31)13-30-14-25(18-9-5-7-11-20(18)30)15-32(23(25)33)24(34)35-17(2)3/h5,7,9,11,17H,4,6,8,10,12-16H2,1-3H3. The van der Waals surface area contributed by atoms with Crippen molar-refractivity contribution in [1.82, 2.24) is 14.5 Å². The fraction of sp³-hybridized carbons (Fsp3) is 0.577. The lowest BCUT2D eigenvalue weighted by atomic mass is 9.74. The minimum absolute atomic E-state index is 0.230. The molecule has 9 heteroatoms. The molecule has 2 aromatic rings. The molecule has 3 aliphatic rings. The quantitative estimate of drug-likeness (QED) is 0.565. The summed E-state index contributed by atoms with van der Waals surface area (Å²) >= 11 is 0. The van der Waals surface area contributed by atoms with Gasteiger partial charge in [-0.3, -0.25) is 4.79 Å². The molecule has 1 aliphatic carbocycles. The molecule has 1 unspecified atom stereocenters. The van der Waals surface area contributed by atoms with Gasteiger partial charge < -0.3 is 14.2 Å². The number of carbonyl (C=O) groups is 2. The van der Waals surface area contributed by atoms with Crippen LogP contribution in [-0.4, -0.2) is 51.6 Å². The number of para-hydroxylation sites is 1. The van der Waals surface area contributed by atoms with Crippen LogP contribution in [0.3, 0.4) is 0 Å². The third-order valence-corrected chi connectivity index (χ3v) is 7.41. The molecule has 0 bridgehead atoms. The maximum atomic E-state index is 14.5. The number of alkyl halides is 2. The molecule has 188 valence electrons. The molecular weight excluding hydrogens is 454 g/mol. The van der Waals surface area contributed by atoms with Crippen molar-refractivity contribution in [3.05, 3.63) is 47.0 Å². The zero-order valence-electron chi connectivity index (χ0n) is 20.5. The van der Waals surface area contributed by atoms with Crippen LogP contribution in [0.1, 0.15) is 62.8 Å². The number of carbonyl (C=O) groups excluding carboxylic acids is 2. The van der Waals surface area contributed by atoms with Crippen LogP contribution < -0.4 is 4.90 Å². The van der Waals surface area contributed by atoms with Crippen LogP contribution in [0, 0.1) is 0 Å². The Balaban J connectivity index is 1.44. The van der Waals surface area contributed by atoms with Gasteiger partial charge in [-0.05, 0) is 51.2 Å². The summed E-state index contributed by atoms with van der Waals surface area (Å²) in [7, 11) is 0. The highest BCUT2D eigenvalue weighted by Crippen LogP contribution is 2.48. The summed E-state index contributed by atoms with van der Waals surface area (Å²) in [6, 6.07) is 7.65. The van der Waals surface area contributed by atoms with Gasteiger partial charge in [0, 0.05) is 24.3 Å². The summed E-state index contributed by atoms with van der Waals surface area (Å²) in [5, 5.41) is 0. The van der Waals surface area contributed by atoms with Gasteiger partial charge in [0.15, 0.2) is 0 Å². The minimum Gasteiger partial charge on any atom is -0.446 e. The lowest BCUT2D eigenvalue weighted by Crippen LogP contribution is -2.67. The van der Waals surface area contributed by atoms with Gasteiger partial charge >= 0.3 is 6.09 Å². The highest BCUT2D eigenvalue weighted by Gasteiger charge is 2.61. The van der Waals surface area contributed by atoms with Crippen molar-refractivity contribution in [2.24, 2.45) is 0 Å². The van der Waals surface area contributed by atoms with Gasteiger partial charge in [0.1, 0.15) is 11.2 Å². The number of aryl methyl sites for hydroxylation is 1. The number of anilines is 1. The lowest BCUT2D eigenvalue weighted by molar-refractivity contribution is -0.147. The Labute approximate surface area is 204 Å². The Bertz CT molecular complexity index is 1160. The van der Waals surface area contributed by atoms with E-state index in [2.05, 4.69) is 0 Å². The Morgan fingerprint density at radius 3 is 2.66 bits per heavy atom. The topological polar surface area (TPSA) is 67.7 Å². The number of imidazole rings is 1. The predicted molar refractivity (Wildman–Crippen MR) is 127 cm³/mol. The average molecular weight is 487 g/mol. The molecule has 1 spiro atoms. The van der Waals surface area contributed by atoms with Crippen LogP contribution in [0.25, 0.3) is 0 Å². The highest BCUT2D eigenvalue weighted by atomic mass is 19.3. The SMILES string of the molecule is CCC(F)(F)Cn1c(CN2CC3(CN(C(=O)OC(C)C)C3=O)c3ccccc32)nc2c1CCCC2. The predicted octanol–water partition coefficient (Wildman–Crippen LogP) is 4.45. The smallest absolute Gasteiger partial charge is 0.416 e. The number of hydrogen-bond donors (Lipinski definition) is 0. The van der Waals surface area contributed by atoms with Crippen molar-refractivity contribution in [3.63, 3.8) is 0 Å². The minimum atomic E-state index is -2.81. The van der Waals surface area contributed by atoms with Crippen molar-refractivity contribution in [1.29, 1.82) is 0 Å². The number of imide groups is 1. The highest BCUT2D eigenvalue weighted by molar-refractivity contribution is 6.07. The number of hydrogen-bond acceptors (Lipinski definition) is 5. The number of nitrogens with zero attached hydrogens (tertiary/aromatic N) is 4. The first kappa shape index (κ1) is 23.8. The molecule has 3 heterocycles. The van der Waals surface area contributed by atoms with E-state index in [0.29, 0.717) is 18.9 Å². The van der Waals surface area contributed by atoms with Crippen LogP contribution in [0.15, 0.2) is 24.3 Å². The number of aromatic nitrogens is 2. The van der Waals surface area contributed by atoms with Gasteiger partial charge in [-0.15, -0.1) is 0 Å². The maximum Gasteiger partial charge on any atom is 0.416 e. The van der Waals surface area contributed by atoms with Gasteiger partial charge in [-0.2, -0.15) is 0 Å². The van der Waals surface area contributed by atoms with Crippen LogP contribution in [0.2, 0.25) is 0 Å². The zero-order valence-corrected chi connectivity index (χ0v) is 20.5. The largest absolute Gasteiger partial charge is 0.446 e. The molecular formula is C26H32F2N4O3. The number of halogens is 2. The summed E-state index contributed by atoms with van der Waals surface area (Å²) in [5.41, 5.74) is 2.75. The van der Waals surface area contributed by atoms with E-state index in [1.165, 1.54) is 6.92 Å². The first-order valence-electron chi connectivity index (χ1n) is 12.5. The van der Waals surface area contributed by atoms with E-state index in [-0.39, 0.29) is 31.5 Å². The molecule has 1 aromatic heterocycles. The molecule has 7 nitrogen and oxygen atoms in total. The van der Waals surface area contributed by atoms with Crippen molar-refractivity contribution < 1.29 is 23.1 Å². The fourth-order valence-corrected chi connectivity index (χ4v) is 5.58. The summed E-state index contributed by atoms with van der Waals surface area (Å²) in [5.74, 6) is -2.48. The Hall–Kier alpha value is -2.97. The molecule has 2 amide bonds. The maximum absolute atomic E-state index is 14.5. The van der Waals surface area contributed by atoms with Crippen molar-refractivity contribution >= 4 is 17.7 Å². The molecule has 1 fully saturated rings. The zero-order chi connectivity index (χ0) is 25.0.